The molecular weight excluding hydrogens is 204 g/mol. The van der Waals surface area contributed by atoms with Gasteiger partial charge in [-0.05, 0) is 11.6 Å². The fraction of sp³-hybridized carbons (Fsp3) is 0.0909. The fourth-order valence-electron chi connectivity index (χ4n) is 1.87. The van der Waals surface area contributed by atoms with E-state index in [0.29, 0.717) is 12.2 Å². The number of anilines is 2. The van der Waals surface area contributed by atoms with Gasteiger partial charge in [-0.2, -0.15) is 5.10 Å². The molecular formula is C11H10N4O. The number of carbonyl (C=O) groups is 1. The lowest BCUT2D eigenvalue weighted by molar-refractivity contribution is -0.115. The van der Waals surface area contributed by atoms with Gasteiger partial charge >= 0.3 is 0 Å². The van der Waals surface area contributed by atoms with Crippen LogP contribution >= 0.6 is 0 Å². The monoisotopic (exact) mass is 214 g/mol. The van der Waals surface area contributed by atoms with E-state index in [4.69, 9.17) is 5.73 Å². The van der Waals surface area contributed by atoms with E-state index in [1.807, 2.05) is 18.2 Å². The van der Waals surface area contributed by atoms with Gasteiger partial charge in [0.05, 0.1) is 12.1 Å². The van der Waals surface area contributed by atoms with Crippen molar-refractivity contribution in [1.82, 2.24) is 10.2 Å². The molecule has 5 nitrogen and oxygen atoms in total. The summed E-state index contributed by atoms with van der Waals surface area (Å²) in [5, 5.41) is 9.51. The first-order valence-corrected chi connectivity index (χ1v) is 4.96. The van der Waals surface area contributed by atoms with Crippen LogP contribution in [0.5, 0.6) is 0 Å². The molecule has 1 aromatic carbocycles. The SMILES string of the molecule is Nc1cc(-c2ccc3c(c2)NC(=O)C3)[nH]n1. The number of nitrogen functional groups attached to an aromatic ring is 1. The molecule has 0 fully saturated rings. The van der Waals surface area contributed by atoms with Crippen LogP contribution in [0.4, 0.5) is 11.5 Å². The molecule has 0 spiro atoms. The summed E-state index contributed by atoms with van der Waals surface area (Å²) in [5.41, 5.74) is 9.25. The van der Waals surface area contributed by atoms with Crippen molar-refractivity contribution in [3.8, 4) is 11.3 Å². The Hall–Kier alpha value is -2.30. The van der Waals surface area contributed by atoms with Crippen LogP contribution in [0.3, 0.4) is 0 Å². The first-order valence-electron chi connectivity index (χ1n) is 4.96. The summed E-state index contributed by atoms with van der Waals surface area (Å²) in [7, 11) is 0. The molecule has 5 heteroatoms. The van der Waals surface area contributed by atoms with Gasteiger partial charge in [-0.25, -0.2) is 0 Å². The standard InChI is InChI=1S/C11H10N4O/c12-10-5-9(14-15-10)6-1-2-7-4-11(16)13-8(7)3-6/h1-3,5H,4H2,(H,13,16)(H3,12,14,15). The molecule has 1 aliphatic rings. The quantitative estimate of drug-likeness (QED) is 0.665. The number of carbonyl (C=O) groups excluding carboxylic acids is 1. The highest BCUT2D eigenvalue weighted by Gasteiger charge is 2.17. The molecule has 0 aliphatic carbocycles. The van der Waals surface area contributed by atoms with Gasteiger partial charge < -0.3 is 11.1 Å². The van der Waals surface area contributed by atoms with Gasteiger partial charge in [0.15, 0.2) is 0 Å². The maximum absolute atomic E-state index is 11.2. The summed E-state index contributed by atoms with van der Waals surface area (Å²) >= 11 is 0. The molecule has 0 radical (unpaired) electrons. The molecule has 4 N–H and O–H groups in total. The number of hydrogen-bond acceptors (Lipinski definition) is 3. The van der Waals surface area contributed by atoms with Crippen molar-refractivity contribution < 1.29 is 4.79 Å². The van der Waals surface area contributed by atoms with Crippen molar-refractivity contribution in [3.63, 3.8) is 0 Å². The third-order valence-electron chi connectivity index (χ3n) is 2.64. The lowest BCUT2D eigenvalue weighted by Gasteiger charge is -2.01. The molecule has 80 valence electrons. The van der Waals surface area contributed by atoms with Gasteiger partial charge in [-0.3, -0.25) is 9.89 Å². The molecule has 1 aliphatic heterocycles. The van der Waals surface area contributed by atoms with Crippen molar-refractivity contribution in [2.45, 2.75) is 6.42 Å². The minimum atomic E-state index is 0.0382. The predicted molar refractivity (Wildman–Crippen MR) is 60.8 cm³/mol. The smallest absolute Gasteiger partial charge is 0.228 e. The van der Waals surface area contributed by atoms with E-state index in [2.05, 4.69) is 15.5 Å². The molecule has 2 aromatic rings. The zero-order valence-electron chi connectivity index (χ0n) is 8.45. The highest BCUT2D eigenvalue weighted by molar-refractivity contribution is 5.99. The van der Waals surface area contributed by atoms with Crippen LogP contribution in [0, 0.1) is 0 Å². The minimum absolute atomic E-state index is 0.0382. The predicted octanol–water partition coefficient (Wildman–Crippen LogP) is 1.15. The van der Waals surface area contributed by atoms with Crippen LogP contribution in [0.15, 0.2) is 24.3 Å². The highest BCUT2D eigenvalue weighted by atomic mass is 16.1. The van der Waals surface area contributed by atoms with Crippen molar-refractivity contribution in [2.24, 2.45) is 0 Å². The van der Waals surface area contributed by atoms with Crippen molar-refractivity contribution in [2.75, 3.05) is 11.1 Å². The third-order valence-corrected chi connectivity index (χ3v) is 2.64. The molecule has 2 heterocycles. The van der Waals surface area contributed by atoms with Crippen LogP contribution in [-0.2, 0) is 11.2 Å². The van der Waals surface area contributed by atoms with E-state index in [-0.39, 0.29) is 5.91 Å². The molecule has 0 atom stereocenters. The Kier molecular flexibility index (Phi) is 1.73. The molecule has 3 rings (SSSR count). The summed E-state index contributed by atoms with van der Waals surface area (Å²) in [4.78, 5) is 11.2. The molecule has 16 heavy (non-hydrogen) atoms. The van der Waals surface area contributed by atoms with Gasteiger partial charge in [-0.15, -0.1) is 0 Å². The lowest BCUT2D eigenvalue weighted by atomic mass is 10.1. The molecule has 0 unspecified atom stereocenters. The van der Waals surface area contributed by atoms with Crippen molar-refractivity contribution in [1.29, 1.82) is 0 Å². The van der Waals surface area contributed by atoms with E-state index in [0.717, 1.165) is 22.5 Å². The van der Waals surface area contributed by atoms with E-state index in [9.17, 15) is 4.79 Å². The Morgan fingerprint density at radius 2 is 2.19 bits per heavy atom. The van der Waals surface area contributed by atoms with E-state index in [1.165, 1.54) is 0 Å². The van der Waals surface area contributed by atoms with Crippen LogP contribution < -0.4 is 11.1 Å². The first kappa shape index (κ1) is 8.96. The van der Waals surface area contributed by atoms with E-state index < -0.39 is 0 Å². The summed E-state index contributed by atoms with van der Waals surface area (Å²) in [6.07, 6.45) is 0.459. The number of aromatic amines is 1. The van der Waals surface area contributed by atoms with E-state index in [1.54, 1.807) is 6.07 Å². The van der Waals surface area contributed by atoms with Gasteiger partial charge in [0.2, 0.25) is 5.91 Å². The fourth-order valence-corrected chi connectivity index (χ4v) is 1.87. The number of aromatic nitrogens is 2. The Labute approximate surface area is 91.7 Å². The maximum Gasteiger partial charge on any atom is 0.228 e. The minimum Gasteiger partial charge on any atom is -0.382 e. The summed E-state index contributed by atoms with van der Waals surface area (Å²) in [5.74, 6) is 0.496. The number of H-pyrrole nitrogens is 1. The molecule has 0 saturated heterocycles. The van der Waals surface area contributed by atoms with Crippen molar-refractivity contribution >= 4 is 17.4 Å². The van der Waals surface area contributed by atoms with Crippen LogP contribution in [0.2, 0.25) is 0 Å². The zero-order valence-corrected chi connectivity index (χ0v) is 8.45. The molecule has 1 aromatic heterocycles. The Balaban J connectivity index is 2.05. The van der Waals surface area contributed by atoms with Gasteiger partial charge in [0, 0.05) is 17.3 Å². The average molecular weight is 214 g/mol. The number of amides is 1. The lowest BCUT2D eigenvalue weighted by Crippen LogP contribution is -2.03. The Bertz CT molecular complexity index is 573. The topological polar surface area (TPSA) is 83.8 Å². The van der Waals surface area contributed by atoms with Crippen molar-refractivity contribution in [3.05, 3.63) is 29.8 Å². The number of fused-ring (bicyclic) bond motifs is 1. The number of nitrogens with zero attached hydrogens (tertiary/aromatic N) is 1. The first-order chi connectivity index (χ1) is 7.72. The number of rotatable bonds is 1. The third kappa shape index (κ3) is 1.33. The molecule has 1 amide bonds. The second-order valence-corrected chi connectivity index (χ2v) is 3.80. The normalized spacial score (nSPS) is 13.6. The molecule has 0 saturated carbocycles. The largest absolute Gasteiger partial charge is 0.382 e. The van der Waals surface area contributed by atoms with Crippen LogP contribution in [0.25, 0.3) is 11.3 Å². The van der Waals surface area contributed by atoms with Gasteiger partial charge in [-0.1, -0.05) is 12.1 Å². The Morgan fingerprint density at radius 3 is 2.94 bits per heavy atom. The summed E-state index contributed by atoms with van der Waals surface area (Å²) in [6.45, 7) is 0. The van der Waals surface area contributed by atoms with Gasteiger partial charge in [0.1, 0.15) is 5.82 Å². The van der Waals surface area contributed by atoms with Crippen LogP contribution in [0.1, 0.15) is 5.56 Å². The zero-order chi connectivity index (χ0) is 11.1. The van der Waals surface area contributed by atoms with Gasteiger partial charge in [0.25, 0.3) is 0 Å². The maximum atomic E-state index is 11.2. The Morgan fingerprint density at radius 1 is 1.31 bits per heavy atom. The number of benzene rings is 1. The van der Waals surface area contributed by atoms with Crippen LogP contribution in [-0.4, -0.2) is 16.1 Å². The number of nitrogens with two attached hydrogens (primary N) is 1. The average Bonchev–Trinajstić information content (AvgIpc) is 2.81. The highest BCUT2D eigenvalue weighted by Crippen LogP contribution is 2.28. The number of nitrogens with one attached hydrogen (secondary N) is 2. The second-order valence-electron chi connectivity index (χ2n) is 3.80. The second kappa shape index (κ2) is 3.10. The number of hydrogen-bond donors (Lipinski definition) is 3. The molecule has 0 bridgehead atoms. The summed E-state index contributed by atoms with van der Waals surface area (Å²) in [6, 6.07) is 7.58. The summed E-state index contributed by atoms with van der Waals surface area (Å²) < 4.78 is 0. The van der Waals surface area contributed by atoms with E-state index >= 15 is 0 Å².